The molecule has 1 aromatic heterocycles. The number of carbonyl (C=O) groups is 1. The van der Waals surface area contributed by atoms with Crippen LogP contribution in [0.4, 0.5) is 5.00 Å². The summed E-state index contributed by atoms with van der Waals surface area (Å²) < 4.78 is 3.98. The second-order valence-corrected chi connectivity index (χ2v) is 5.71. The molecule has 7 heteroatoms. The first-order chi connectivity index (χ1) is 9.19. The molecular weight excluding hydrogens is 262 g/mol. The third kappa shape index (κ3) is 4.14. The zero-order valence-electron chi connectivity index (χ0n) is 11.5. The fourth-order valence-electron chi connectivity index (χ4n) is 2.35. The number of nitrogens with zero attached hydrogens (tertiary/aromatic N) is 3. The lowest BCUT2D eigenvalue weighted by Gasteiger charge is -2.31. The summed E-state index contributed by atoms with van der Waals surface area (Å²) in [6.07, 6.45) is 2.26. The zero-order valence-corrected chi connectivity index (χ0v) is 12.3. The van der Waals surface area contributed by atoms with Crippen molar-refractivity contribution in [3.8, 4) is 0 Å². The first-order valence-electron chi connectivity index (χ1n) is 6.64. The molecule has 2 rings (SSSR count). The Hall–Kier alpha value is -1.21. The molecule has 0 bridgehead atoms. The molecule has 2 heterocycles. The molecular formula is C12H21N5OS. The maximum atomic E-state index is 10.9. The second-order valence-electron chi connectivity index (χ2n) is 4.96. The Balaban J connectivity index is 1.76. The van der Waals surface area contributed by atoms with Crippen molar-refractivity contribution in [3.05, 3.63) is 5.69 Å². The van der Waals surface area contributed by atoms with Gasteiger partial charge in [-0.05, 0) is 31.8 Å². The summed E-state index contributed by atoms with van der Waals surface area (Å²) >= 11 is 1.40. The maximum absolute atomic E-state index is 10.9. The van der Waals surface area contributed by atoms with Crippen LogP contribution in [0.5, 0.6) is 0 Å². The van der Waals surface area contributed by atoms with E-state index < -0.39 is 0 Å². The van der Waals surface area contributed by atoms with Gasteiger partial charge in [0.1, 0.15) is 10.7 Å². The molecule has 1 aliphatic rings. The van der Waals surface area contributed by atoms with E-state index in [2.05, 4.69) is 25.1 Å². The van der Waals surface area contributed by atoms with Gasteiger partial charge in [0.2, 0.25) is 5.91 Å². The fourth-order valence-corrected chi connectivity index (χ4v) is 2.87. The molecule has 0 aromatic carbocycles. The Kier molecular flexibility index (Phi) is 5.09. The van der Waals surface area contributed by atoms with Crippen molar-refractivity contribution < 1.29 is 4.79 Å². The highest BCUT2D eigenvalue weighted by molar-refractivity contribution is 7.10. The highest BCUT2D eigenvalue weighted by Crippen LogP contribution is 2.22. The van der Waals surface area contributed by atoms with E-state index in [1.807, 2.05) is 7.05 Å². The molecule has 0 radical (unpaired) electrons. The van der Waals surface area contributed by atoms with E-state index in [4.69, 9.17) is 0 Å². The lowest BCUT2D eigenvalue weighted by molar-refractivity contribution is -0.119. The van der Waals surface area contributed by atoms with Crippen molar-refractivity contribution in [2.75, 3.05) is 32.0 Å². The van der Waals surface area contributed by atoms with Crippen LogP contribution >= 0.6 is 11.5 Å². The smallest absolute Gasteiger partial charge is 0.216 e. The molecule has 1 amide bonds. The minimum atomic E-state index is 0.0645. The average molecular weight is 283 g/mol. The van der Waals surface area contributed by atoms with Crippen LogP contribution in [0, 0.1) is 5.92 Å². The number of hydrogen-bond donors (Lipinski definition) is 2. The van der Waals surface area contributed by atoms with Crippen LogP contribution in [0.25, 0.3) is 0 Å². The van der Waals surface area contributed by atoms with E-state index >= 15 is 0 Å². The Morgan fingerprint density at radius 3 is 2.84 bits per heavy atom. The van der Waals surface area contributed by atoms with Crippen LogP contribution in [0.15, 0.2) is 0 Å². The van der Waals surface area contributed by atoms with Gasteiger partial charge in [-0.2, -0.15) is 0 Å². The van der Waals surface area contributed by atoms with Crippen molar-refractivity contribution >= 4 is 22.4 Å². The summed E-state index contributed by atoms with van der Waals surface area (Å²) in [5, 5.41) is 11.3. The monoisotopic (exact) mass is 283 g/mol. The van der Waals surface area contributed by atoms with E-state index in [-0.39, 0.29) is 5.91 Å². The number of likely N-dealkylation sites (tertiary alicyclic amines) is 1. The predicted octanol–water partition coefficient (Wildman–Crippen LogP) is 0.928. The summed E-state index contributed by atoms with van der Waals surface area (Å²) in [5.74, 6) is 0.673. The third-order valence-corrected chi connectivity index (χ3v) is 4.29. The van der Waals surface area contributed by atoms with Gasteiger partial charge in [-0.25, -0.2) is 0 Å². The summed E-state index contributed by atoms with van der Waals surface area (Å²) in [4.78, 5) is 13.3. The number of hydrogen-bond acceptors (Lipinski definition) is 6. The summed E-state index contributed by atoms with van der Waals surface area (Å²) in [7, 11) is 1.90. The van der Waals surface area contributed by atoms with Crippen LogP contribution in [-0.2, 0) is 11.3 Å². The Bertz CT molecular complexity index is 414. The molecule has 1 aliphatic heterocycles. The number of carbonyl (C=O) groups excluding carboxylic acids is 1. The molecule has 0 aliphatic carbocycles. The number of rotatable bonds is 5. The molecule has 0 saturated carbocycles. The number of aromatic nitrogens is 2. The highest BCUT2D eigenvalue weighted by atomic mass is 32.1. The van der Waals surface area contributed by atoms with Gasteiger partial charge in [0.05, 0.1) is 0 Å². The molecule has 6 nitrogen and oxygen atoms in total. The number of nitrogens with one attached hydrogen (secondary N) is 2. The van der Waals surface area contributed by atoms with Crippen molar-refractivity contribution in [3.63, 3.8) is 0 Å². The van der Waals surface area contributed by atoms with Crippen molar-refractivity contribution in [1.29, 1.82) is 0 Å². The second kappa shape index (κ2) is 6.81. The summed E-state index contributed by atoms with van der Waals surface area (Å²) in [6.45, 7) is 5.36. The normalized spacial score (nSPS) is 17.4. The van der Waals surface area contributed by atoms with Crippen LogP contribution in [0.3, 0.4) is 0 Å². The van der Waals surface area contributed by atoms with Gasteiger partial charge in [-0.3, -0.25) is 9.69 Å². The van der Waals surface area contributed by atoms with Gasteiger partial charge < -0.3 is 10.6 Å². The number of anilines is 1. The van der Waals surface area contributed by atoms with Gasteiger partial charge in [0, 0.05) is 38.6 Å². The lowest BCUT2D eigenvalue weighted by Crippen LogP contribution is -2.38. The summed E-state index contributed by atoms with van der Waals surface area (Å²) in [5.41, 5.74) is 1.04. The molecule has 1 saturated heterocycles. The lowest BCUT2D eigenvalue weighted by atomic mass is 9.96. The molecule has 0 spiro atoms. The van der Waals surface area contributed by atoms with Crippen LogP contribution < -0.4 is 10.6 Å². The number of amides is 1. The van der Waals surface area contributed by atoms with Gasteiger partial charge in [0.15, 0.2) is 0 Å². The Morgan fingerprint density at radius 2 is 2.21 bits per heavy atom. The van der Waals surface area contributed by atoms with Gasteiger partial charge in [-0.1, -0.05) is 4.49 Å². The average Bonchev–Trinajstić information content (AvgIpc) is 2.85. The van der Waals surface area contributed by atoms with Crippen LogP contribution in [0.2, 0.25) is 0 Å². The first-order valence-corrected chi connectivity index (χ1v) is 7.42. The zero-order chi connectivity index (χ0) is 13.7. The van der Waals surface area contributed by atoms with E-state index in [1.54, 1.807) is 6.92 Å². The Morgan fingerprint density at radius 1 is 1.47 bits per heavy atom. The molecule has 1 aromatic rings. The Labute approximate surface area is 117 Å². The standard InChI is InChI=1S/C12H21N5OS/c1-9(18)14-7-10-3-5-17(6-4-10)8-11-12(13-2)19-16-15-11/h10,13H,3-8H2,1-2H3,(H,14,18). The quantitative estimate of drug-likeness (QED) is 0.841. The van der Waals surface area contributed by atoms with Crippen LogP contribution in [0.1, 0.15) is 25.5 Å². The van der Waals surface area contributed by atoms with E-state index in [1.165, 1.54) is 11.5 Å². The molecule has 0 unspecified atom stereocenters. The molecule has 106 valence electrons. The van der Waals surface area contributed by atoms with Gasteiger partial charge in [0.25, 0.3) is 0 Å². The van der Waals surface area contributed by atoms with Gasteiger partial charge in [-0.15, -0.1) is 5.10 Å². The first kappa shape index (κ1) is 14.2. The molecule has 1 fully saturated rings. The van der Waals surface area contributed by atoms with E-state index in [0.29, 0.717) is 5.92 Å². The SMILES string of the molecule is CNc1snnc1CN1CCC(CNC(C)=O)CC1. The third-order valence-electron chi connectivity index (χ3n) is 3.50. The van der Waals surface area contributed by atoms with E-state index in [0.717, 1.165) is 49.7 Å². The number of piperidine rings is 1. The minimum absolute atomic E-state index is 0.0645. The van der Waals surface area contributed by atoms with Crippen molar-refractivity contribution in [2.24, 2.45) is 5.92 Å². The predicted molar refractivity (Wildman–Crippen MR) is 76.1 cm³/mol. The maximum Gasteiger partial charge on any atom is 0.216 e. The molecule has 2 N–H and O–H groups in total. The van der Waals surface area contributed by atoms with Crippen LogP contribution in [-0.4, -0.2) is 47.1 Å². The van der Waals surface area contributed by atoms with Gasteiger partial charge >= 0.3 is 0 Å². The van der Waals surface area contributed by atoms with Crippen molar-refractivity contribution in [2.45, 2.75) is 26.3 Å². The van der Waals surface area contributed by atoms with Crippen molar-refractivity contribution in [1.82, 2.24) is 19.8 Å². The minimum Gasteiger partial charge on any atom is -0.377 e. The largest absolute Gasteiger partial charge is 0.377 e. The molecule has 0 atom stereocenters. The topological polar surface area (TPSA) is 70.2 Å². The summed E-state index contributed by atoms with van der Waals surface area (Å²) in [6, 6.07) is 0. The van der Waals surface area contributed by atoms with E-state index in [9.17, 15) is 4.79 Å². The fraction of sp³-hybridized carbons (Fsp3) is 0.750. The highest BCUT2D eigenvalue weighted by Gasteiger charge is 2.21. The molecule has 19 heavy (non-hydrogen) atoms.